The van der Waals surface area contributed by atoms with Crippen LogP contribution < -0.4 is 9.62 Å². The first kappa shape index (κ1) is 25.5. The Labute approximate surface area is 217 Å². The first-order valence-corrected chi connectivity index (χ1v) is 13.9. The van der Waals surface area contributed by atoms with Gasteiger partial charge in [0.2, 0.25) is 5.91 Å². The van der Waals surface area contributed by atoms with E-state index in [1.54, 1.807) is 31.2 Å². The number of ether oxygens (including phenoxy) is 1. The summed E-state index contributed by atoms with van der Waals surface area (Å²) in [5.74, 6) is -1.14. The normalized spacial score (nSPS) is 12.8. The van der Waals surface area contributed by atoms with Gasteiger partial charge in [0.15, 0.2) is 0 Å². The van der Waals surface area contributed by atoms with Crippen LogP contribution in [0.4, 0.5) is 10.7 Å². The highest BCUT2D eigenvalue weighted by Gasteiger charge is 2.32. The Morgan fingerprint density at radius 3 is 2.54 bits per heavy atom. The Morgan fingerprint density at radius 2 is 1.83 bits per heavy atom. The zero-order valence-corrected chi connectivity index (χ0v) is 21.9. The van der Waals surface area contributed by atoms with Crippen molar-refractivity contribution >= 4 is 67.1 Å². The van der Waals surface area contributed by atoms with E-state index in [1.165, 1.54) is 35.6 Å². The van der Waals surface area contributed by atoms with Gasteiger partial charge in [0.1, 0.15) is 11.5 Å². The Bertz CT molecular complexity index is 1370. The predicted molar refractivity (Wildman–Crippen MR) is 138 cm³/mol. The maximum Gasteiger partial charge on any atom is 0.341 e. The minimum absolute atomic E-state index is 0.00351. The van der Waals surface area contributed by atoms with Crippen molar-refractivity contribution in [3.05, 3.63) is 74.6 Å². The van der Waals surface area contributed by atoms with E-state index in [0.29, 0.717) is 10.6 Å². The number of esters is 1. The largest absolute Gasteiger partial charge is 0.462 e. The number of amides is 1. The van der Waals surface area contributed by atoms with Crippen LogP contribution in [0.1, 0.15) is 34.1 Å². The van der Waals surface area contributed by atoms with Gasteiger partial charge in [-0.3, -0.25) is 9.10 Å². The van der Waals surface area contributed by atoms with Gasteiger partial charge in [0, 0.05) is 4.88 Å². The van der Waals surface area contributed by atoms with Crippen LogP contribution in [0.15, 0.2) is 53.4 Å². The number of sulfonamides is 1. The fraction of sp³-hybridized carbons (Fsp3) is 0.250. The maximum absolute atomic E-state index is 13.5. The van der Waals surface area contributed by atoms with E-state index in [-0.39, 0.29) is 27.2 Å². The molecule has 0 atom stereocenters. The van der Waals surface area contributed by atoms with E-state index in [4.69, 9.17) is 27.9 Å². The van der Waals surface area contributed by atoms with Crippen molar-refractivity contribution in [3.8, 4) is 0 Å². The molecule has 184 valence electrons. The fourth-order valence-electron chi connectivity index (χ4n) is 3.91. The third-order valence-electron chi connectivity index (χ3n) is 5.47. The number of rotatable bonds is 8. The number of hydrogen-bond acceptors (Lipinski definition) is 6. The van der Waals surface area contributed by atoms with Crippen LogP contribution in [-0.2, 0) is 32.4 Å². The van der Waals surface area contributed by atoms with Crippen molar-refractivity contribution in [2.24, 2.45) is 0 Å². The maximum atomic E-state index is 13.5. The molecule has 4 rings (SSSR count). The molecule has 0 saturated carbocycles. The van der Waals surface area contributed by atoms with Gasteiger partial charge >= 0.3 is 5.97 Å². The molecule has 1 aliphatic carbocycles. The van der Waals surface area contributed by atoms with Crippen molar-refractivity contribution in [3.63, 3.8) is 0 Å². The topological polar surface area (TPSA) is 92.8 Å². The molecule has 0 bridgehead atoms. The van der Waals surface area contributed by atoms with Crippen molar-refractivity contribution in [2.75, 3.05) is 22.8 Å². The van der Waals surface area contributed by atoms with E-state index >= 15 is 0 Å². The first-order valence-electron chi connectivity index (χ1n) is 10.9. The number of carbonyl (C=O) groups excluding carboxylic acids is 2. The molecule has 11 heteroatoms. The van der Waals surface area contributed by atoms with Gasteiger partial charge in [0.25, 0.3) is 10.0 Å². The molecule has 7 nitrogen and oxygen atoms in total. The number of nitrogens with zero attached hydrogens (tertiary/aromatic N) is 1. The molecular weight excluding hydrogens is 531 g/mol. The van der Waals surface area contributed by atoms with Gasteiger partial charge in [-0.2, -0.15) is 0 Å². The second kappa shape index (κ2) is 10.6. The van der Waals surface area contributed by atoms with E-state index in [0.717, 1.165) is 34.0 Å². The molecule has 0 spiro atoms. The molecule has 0 aliphatic heterocycles. The van der Waals surface area contributed by atoms with Gasteiger partial charge in [-0.1, -0.05) is 47.5 Å². The third-order valence-corrected chi connectivity index (χ3v) is 9.26. The summed E-state index contributed by atoms with van der Waals surface area (Å²) < 4.78 is 33.2. The van der Waals surface area contributed by atoms with E-state index in [1.807, 2.05) is 0 Å². The first-order chi connectivity index (χ1) is 16.7. The monoisotopic (exact) mass is 552 g/mol. The van der Waals surface area contributed by atoms with Crippen LogP contribution in [0.25, 0.3) is 0 Å². The number of carbonyl (C=O) groups is 2. The summed E-state index contributed by atoms with van der Waals surface area (Å²) in [5.41, 5.74) is 1.30. The molecule has 35 heavy (non-hydrogen) atoms. The van der Waals surface area contributed by atoms with Gasteiger partial charge in [-0.25, -0.2) is 13.2 Å². The Morgan fingerprint density at radius 1 is 1.09 bits per heavy atom. The molecule has 0 radical (unpaired) electrons. The summed E-state index contributed by atoms with van der Waals surface area (Å²) in [7, 11) is -4.17. The smallest absolute Gasteiger partial charge is 0.341 e. The van der Waals surface area contributed by atoms with Crippen LogP contribution in [0.5, 0.6) is 0 Å². The molecule has 1 amide bonds. The van der Waals surface area contributed by atoms with Gasteiger partial charge in [-0.15, -0.1) is 11.3 Å². The van der Waals surface area contributed by atoms with Crippen LogP contribution in [0.3, 0.4) is 0 Å². The number of nitrogens with one attached hydrogen (secondary N) is 1. The van der Waals surface area contributed by atoms with Gasteiger partial charge in [0.05, 0.1) is 32.8 Å². The van der Waals surface area contributed by atoms with Crippen LogP contribution in [0.2, 0.25) is 10.0 Å². The molecule has 1 aromatic heterocycles. The minimum Gasteiger partial charge on any atom is -0.462 e. The number of hydrogen-bond donors (Lipinski definition) is 1. The number of anilines is 2. The molecule has 2 aromatic carbocycles. The van der Waals surface area contributed by atoms with Crippen molar-refractivity contribution in [1.82, 2.24) is 0 Å². The number of thiophene rings is 1. The number of halogens is 2. The summed E-state index contributed by atoms with van der Waals surface area (Å²) in [6, 6.07) is 12.3. The minimum atomic E-state index is -4.17. The molecule has 0 saturated heterocycles. The summed E-state index contributed by atoms with van der Waals surface area (Å²) >= 11 is 13.8. The van der Waals surface area contributed by atoms with Crippen molar-refractivity contribution < 1.29 is 22.7 Å². The second-order valence-electron chi connectivity index (χ2n) is 7.73. The van der Waals surface area contributed by atoms with Crippen molar-refractivity contribution in [1.29, 1.82) is 0 Å². The lowest BCUT2D eigenvalue weighted by Gasteiger charge is -2.25. The lowest BCUT2D eigenvalue weighted by Crippen LogP contribution is -2.38. The SMILES string of the molecule is CCOC(=O)c1c(NC(=O)CN(c2cccc(Cl)c2Cl)S(=O)(=O)c2ccccc2)sc2c1CCC2. The highest BCUT2D eigenvalue weighted by Crippen LogP contribution is 2.40. The summed E-state index contributed by atoms with van der Waals surface area (Å²) in [4.78, 5) is 26.8. The summed E-state index contributed by atoms with van der Waals surface area (Å²) in [5, 5.41) is 3.24. The Hall–Kier alpha value is -2.59. The van der Waals surface area contributed by atoms with Gasteiger partial charge in [-0.05, 0) is 56.0 Å². The lowest BCUT2D eigenvalue weighted by atomic mass is 10.1. The Balaban J connectivity index is 1.69. The number of benzene rings is 2. The van der Waals surface area contributed by atoms with E-state index in [9.17, 15) is 18.0 Å². The molecule has 3 aromatic rings. The molecule has 0 unspecified atom stereocenters. The van der Waals surface area contributed by atoms with Crippen LogP contribution in [0, 0.1) is 0 Å². The molecule has 1 heterocycles. The van der Waals surface area contributed by atoms with Crippen LogP contribution >= 0.6 is 34.5 Å². The molecule has 1 aliphatic rings. The molecular formula is C24H22Cl2N2O5S2. The number of aryl methyl sites for hydroxylation is 1. The highest BCUT2D eigenvalue weighted by molar-refractivity contribution is 7.92. The fourth-order valence-corrected chi connectivity index (χ4v) is 7.11. The quantitative estimate of drug-likeness (QED) is 0.369. The summed E-state index contributed by atoms with van der Waals surface area (Å²) in [6.07, 6.45) is 2.47. The zero-order chi connectivity index (χ0) is 25.2. The average Bonchev–Trinajstić information content (AvgIpc) is 3.41. The third kappa shape index (κ3) is 5.18. The van der Waals surface area contributed by atoms with Gasteiger partial charge < -0.3 is 10.1 Å². The van der Waals surface area contributed by atoms with Crippen molar-refractivity contribution in [2.45, 2.75) is 31.1 Å². The predicted octanol–water partition coefficient (Wildman–Crippen LogP) is 5.55. The van der Waals surface area contributed by atoms with E-state index in [2.05, 4.69) is 5.32 Å². The highest BCUT2D eigenvalue weighted by atomic mass is 35.5. The Kier molecular flexibility index (Phi) is 7.70. The standard InChI is InChI=1S/C24H22Cl2N2O5S2/c1-2-33-24(30)21-16-10-6-13-19(16)34-23(21)27-20(29)14-28(18-12-7-11-17(25)22(18)26)35(31,32)15-8-4-3-5-9-15/h3-5,7-9,11-12H,2,6,10,13-14H2,1H3,(H,27,29). The molecule has 0 fully saturated rings. The average molecular weight is 553 g/mol. The summed E-state index contributed by atoms with van der Waals surface area (Å²) in [6.45, 7) is 1.33. The molecule has 1 N–H and O–H groups in total. The number of fused-ring (bicyclic) bond motifs is 1. The van der Waals surface area contributed by atoms with E-state index < -0.39 is 28.4 Å². The second-order valence-corrected chi connectivity index (χ2v) is 11.5. The van der Waals surface area contributed by atoms with Crippen LogP contribution in [-0.4, -0.2) is 33.4 Å². The lowest BCUT2D eigenvalue weighted by molar-refractivity contribution is -0.114. The zero-order valence-electron chi connectivity index (χ0n) is 18.7.